The Morgan fingerprint density at radius 3 is 2.83 bits per heavy atom. The van der Waals surface area contributed by atoms with E-state index in [2.05, 4.69) is 9.89 Å². The first-order valence-corrected chi connectivity index (χ1v) is 7.12. The number of hydrogen-bond acceptors (Lipinski definition) is 6. The number of fused-ring (bicyclic) bond motifs is 1. The SMILES string of the molecule is COC(=O)Cc1noc2ccc(S(=O)(=O)Cl)cc12. The molecule has 96 valence electrons. The van der Waals surface area contributed by atoms with Crippen molar-refractivity contribution in [3.05, 3.63) is 23.9 Å². The maximum Gasteiger partial charge on any atom is 0.311 e. The topological polar surface area (TPSA) is 86.5 Å². The predicted molar refractivity (Wildman–Crippen MR) is 62.8 cm³/mol. The zero-order valence-corrected chi connectivity index (χ0v) is 10.8. The maximum atomic E-state index is 11.2. The molecular weight excluding hydrogens is 282 g/mol. The molecule has 0 N–H and O–H groups in total. The van der Waals surface area contributed by atoms with Crippen molar-refractivity contribution in [3.63, 3.8) is 0 Å². The average Bonchev–Trinajstić information content (AvgIpc) is 2.70. The molecule has 1 aromatic heterocycles. The molecule has 0 aliphatic heterocycles. The molecule has 6 nitrogen and oxygen atoms in total. The lowest BCUT2D eigenvalue weighted by Gasteiger charge is -1.97. The zero-order valence-electron chi connectivity index (χ0n) is 9.21. The highest BCUT2D eigenvalue weighted by Gasteiger charge is 2.16. The van der Waals surface area contributed by atoms with Crippen molar-refractivity contribution >= 4 is 36.7 Å². The number of nitrogens with zero attached hydrogens (tertiary/aromatic N) is 1. The summed E-state index contributed by atoms with van der Waals surface area (Å²) in [5.74, 6) is -0.496. The summed E-state index contributed by atoms with van der Waals surface area (Å²) in [6.45, 7) is 0. The highest BCUT2D eigenvalue weighted by atomic mass is 35.7. The van der Waals surface area contributed by atoms with E-state index in [1.54, 1.807) is 0 Å². The van der Waals surface area contributed by atoms with Crippen molar-refractivity contribution in [2.45, 2.75) is 11.3 Å². The number of benzene rings is 1. The Kier molecular flexibility index (Phi) is 3.27. The number of aromatic nitrogens is 1. The van der Waals surface area contributed by atoms with E-state index in [9.17, 15) is 13.2 Å². The summed E-state index contributed by atoms with van der Waals surface area (Å²) in [4.78, 5) is 11.1. The van der Waals surface area contributed by atoms with Crippen molar-refractivity contribution in [2.75, 3.05) is 7.11 Å². The van der Waals surface area contributed by atoms with Crippen molar-refractivity contribution in [1.82, 2.24) is 5.16 Å². The first-order chi connectivity index (χ1) is 8.41. The molecule has 0 fully saturated rings. The number of halogens is 1. The van der Waals surface area contributed by atoms with Crippen molar-refractivity contribution in [3.8, 4) is 0 Å². The molecule has 2 aromatic rings. The zero-order chi connectivity index (χ0) is 13.3. The Bertz CT molecular complexity index is 706. The molecule has 0 aliphatic rings. The van der Waals surface area contributed by atoms with Gasteiger partial charge in [0.05, 0.1) is 18.4 Å². The van der Waals surface area contributed by atoms with Crippen LogP contribution in [0.15, 0.2) is 27.6 Å². The van der Waals surface area contributed by atoms with Gasteiger partial charge in [-0.1, -0.05) is 5.16 Å². The third-order valence-electron chi connectivity index (χ3n) is 2.34. The Morgan fingerprint density at radius 2 is 2.22 bits per heavy atom. The third-order valence-corrected chi connectivity index (χ3v) is 3.69. The summed E-state index contributed by atoms with van der Waals surface area (Å²) in [5, 5.41) is 4.11. The van der Waals surface area contributed by atoms with Crippen LogP contribution in [0.2, 0.25) is 0 Å². The van der Waals surface area contributed by atoms with Crippen LogP contribution in [0.3, 0.4) is 0 Å². The van der Waals surface area contributed by atoms with Gasteiger partial charge in [-0.25, -0.2) is 8.42 Å². The van der Waals surface area contributed by atoms with Crippen LogP contribution in [0.5, 0.6) is 0 Å². The number of ether oxygens (including phenoxy) is 1. The fourth-order valence-corrected chi connectivity index (χ4v) is 2.23. The predicted octanol–water partition coefficient (Wildman–Crippen LogP) is 1.47. The number of carbonyl (C=O) groups is 1. The number of methoxy groups -OCH3 is 1. The molecule has 2 rings (SSSR count). The lowest BCUT2D eigenvalue weighted by Crippen LogP contribution is -2.04. The van der Waals surface area contributed by atoms with Gasteiger partial charge in [0.25, 0.3) is 9.05 Å². The molecular formula is C10H8ClNO5S. The van der Waals surface area contributed by atoms with Gasteiger partial charge in [-0.05, 0) is 18.2 Å². The van der Waals surface area contributed by atoms with Gasteiger partial charge >= 0.3 is 5.97 Å². The number of esters is 1. The van der Waals surface area contributed by atoms with Crippen LogP contribution in [0.4, 0.5) is 0 Å². The number of carbonyl (C=O) groups excluding carboxylic acids is 1. The van der Waals surface area contributed by atoms with Crippen LogP contribution < -0.4 is 0 Å². The van der Waals surface area contributed by atoms with E-state index < -0.39 is 15.0 Å². The summed E-state index contributed by atoms with van der Waals surface area (Å²) in [7, 11) is 2.65. The van der Waals surface area contributed by atoms with Crippen LogP contribution in [-0.2, 0) is 25.0 Å². The molecule has 0 saturated heterocycles. The summed E-state index contributed by atoms with van der Waals surface area (Å²) in [6, 6.07) is 4.04. The van der Waals surface area contributed by atoms with Gasteiger partial charge in [0.1, 0.15) is 5.69 Å². The number of rotatable bonds is 3. The van der Waals surface area contributed by atoms with Crippen LogP contribution in [0.25, 0.3) is 11.0 Å². The lowest BCUT2D eigenvalue weighted by molar-refractivity contribution is -0.139. The van der Waals surface area contributed by atoms with Crippen molar-refractivity contribution < 1.29 is 22.5 Å². The van der Waals surface area contributed by atoms with Gasteiger partial charge in [-0.3, -0.25) is 4.79 Å². The fourth-order valence-electron chi connectivity index (χ4n) is 1.46. The van der Waals surface area contributed by atoms with E-state index in [1.807, 2.05) is 0 Å². The van der Waals surface area contributed by atoms with E-state index in [1.165, 1.54) is 25.3 Å². The van der Waals surface area contributed by atoms with Gasteiger partial charge < -0.3 is 9.26 Å². The molecule has 0 bridgehead atoms. The molecule has 0 spiro atoms. The standard InChI is InChI=1S/C10H8ClNO5S/c1-16-10(13)5-8-7-4-6(18(11,14)15)2-3-9(7)17-12-8/h2-4H,5H2,1H3. The normalized spacial score (nSPS) is 11.7. The van der Waals surface area contributed by atoms with E-state index in [-0.39, 0.29) is 11.3 Å². The van der Waals surface area contributed by atoms with Crippen LogP contribution in [-0.4, -0.2) is 26.7 Å². The average molecular weight is 290 g/mol. The van der Waals surface area contributed by atoms with E-state index in [4.69, 9.17) is 15.2 Å². The Morgan fingerprint density at radius 1 is 1.50 bits per heavy atom. The van der Waals surface area contributed by atoms with Gasteiger partial charge in [0, 0.05) is 16.1 Å². The van der Waals surface area contributed by atoms with Crippen molar-refractivity contribution in [1.29, 1.82) is 0 Å². The monoisotopic (exact) mass is 289 g/mol. The summed E-state index contributed by atoms with van der Waals surface area (Å²) in [6.07, 6.45) is -0.102. The smallest absolute Gasteiger partial charge is 0.311 e. The van der Waals surface area contributed by atoms with Crippen LogP contribution in [0.1, 0.15) is 5.69 Å². The van der Waals surface area contributed by atoms with Gasteiger partial charge in [0.15, 0.2) is 5.58 Å². The van der Waals surface area contributed by atoms with Gasteiger partial charge in [0.2, 0.25) is 0 Å². The molecule has 0 aliphatic carbocycles. The van der Waals surface area contributed by atoms with E-state index in [0.29, 0.717) is 16.7 Å². The second-order valence-corrected chi connectivity index (χ2v) is 6.04. The van der Waals surface area contributed by atoms with E-state index in [0.717, 1.165) is 0 Å². The Hall–Kier alpha value is -1.60. The summed E-state index contributed by atoms with van der Waals surface area (Å²) in [5.41, 5.74) is 0.678. The van der Waals surface area contributed by atoms with Crippen LogP contribution >= 0.6 is 10.7 Å². The van der Waals surface area contributed by atoms with E-state index >= 15 is 0 Å². The molecule has 0 unspecified atom stereocenters. The second-order valence-electron chi connectivity index (χ2n) is 3.48. The summed E-state index contributed by atoms with van der Waals surface area (Å²) < 4.78 is 31.9. The molecule has 1 heterocycles. The molecule has 0 atom stereocenters. The van der Waals surface area contributed by atoms with Gasteiger partial charge in [-0.15, -0.1) is 0 Å². The Balaban J connectivity index is 2.53. The third kappa shape index (κ3) is 2.46. The molecule has 18 heavy (non-hydrogen) atoms. The first-order valence-electron chi connectivity index (χ1n) is 4.81. The molecule has 0 saturated carbocycles. The molecule has 8 heteroatoms. The molecule has 0 radical (unpaired) electrons. The van der Waals surface area contributed by atoms with Crippen LogP contribution in [0, 0.1) is 0 Å². The largest absolute Gasteiger partial charge is 0.469 e. The van der Waals surface area contributed by atoms with Gasteiger partial charge in [-0.2, -0.15) is 0 Å². The second kappa shape index (κ2) is 4.58. The maximum absolute atomic E-state index is 11.2. The first kappa shape index (κ1) is 12.8. The highest BCUT2D eigenvalue weighted by Crippen LogP contribution is 2.24. The van der Waals surface area contributed by atoms with Crippen molar-refractivity contribution in [2.24, 2.45) is 0 Å². The highest BCUT2D eigenvalue weighted by molar-refractivity contribution is 8.13. The minimum absolute atomic E-state index is 0.0778. The minimum atomic E-state index is -3.84. The Labute approximate surface area is 107 Å². The number of hydrogen-bond donors (Lipinski definition) is 0. The molecule has 0 amide bonds. The molecule has 1 aromatic carbocycles. The quantitative estimate of drug-likeness (QED) is 0.628. The lowest BCUT2D eigenvalue weighted by atomic mass is 10.2. The fraction of sp³-hybridized carbons (Fsp3) is 0.200. The minimum Gasteiger partial charge on any atom is -0.469 e. The summed E-state index contributed by atoms with van der Waals surface area (Å²) >= 11 is 0.